The molecule has 0 aromatic rings. The highest BCUT2D eigenvalue weighted by Gasteiger charge is 2.33. The molecular weight excluding hydrogens is 204 g/mol. The molecule has 1 aliphatic carbocycles. The Morgan fingerprint density at radius 2 is 2.06 bits per heavy atom. The van der Waals surface area contributed by atoms with Gasteiger partial charge in [0.1, 0.15) is 0 Å². The first-order valence-electron chi connectivity index (χ1n) is 6.21. The van der Waals surface area contributed by atoms with E-state index < -0.39 is 0 Å². The molecule has 4 nitrogen and oxygen atoms in total. The summed E-state index contributed by atoms with van der Waals surface area (Å²) in [4.78, 5) is 11.7. The lowest BCUT2D eigenvalue weighted by molar-refractivity contribution is -0.124. The maximum atomic E-state index is 11.7. The van der Waals surface area contributed by atoms with Gasteiger partial charge in [-0.3, -0.25) is 4.79 Å². The zero-order valence-corrected chi connectivity index (χ0v) is 10.4. The molecule has 0 saturated heterocycles. The number of hydrogen-bond acceptors (Lipinski definition) is 3. The topological polar surface area (TPSA) is 64.3 Å². The van der Waals surface area contributed by atoms with Gasteiger partial charge >= 0.3 is 0 Å². The lowest BCUT2D eigenvalue weighted by Crippen LogP contribution is -2.51. The number of hydrogen-bond donors (Lipinski definition) is 2. The van der Waals surface area contributed by atoms with E-state index in [1.807, 2.05) is 13.8 Å². The van der Waals surface area contributed by atoms with Crippen LogP contribution in [0.2, 0.25) is 0 Å². The number of amides is 1. The van der Waals surface area contributed by atoms with Crippen LogP contribution in [-0.2, 0) is 9.53 Å². The second-order valence-corrected chi connectivity index (χ2v) is 4.91. The predicted octanol–water partition coefficient (Wildman–Crippen LogP) is 1.19. The van der Waals surface area contributed by atoms with Crippen LogP contribution in [0, 0.1) is 0 Å². The Morgan fingerprint density at radius 3 is 2.56 bits per heavy atom. The maximum Gasteiger partial charge on any atom is 0.222 e. The van der Waals surface area contributed by atoms with Crippen LogP contribution in [0.25, 0.3) is 0 Å². The van der Waals surface area contributed by atoms with Crippen molar-refractivity contribution < 1.29 is 9.53 Å². The summed E-state index contributed by atoms with van der Waals surface area (Å²) in [7, 11) is 0. The normalized spacial score (nSPS) is 19.0. The first-order chi connectivity index (χ1) is 7.58. The van der Waals surface area contributed by atoms with Gasteiger partial charge in [-0.25, -0.2) is 0 Å². The lowest BCUT2D eigenvalue weighted by atomic mass is 9.98. The smallest absolute Gasteiger partial charge is 0.222 e. The molecule has 0 atom stereocenters. The molecule has 0 aliphatic heterocycles. The summed E-state index contributed by atoms with van der Waals surface area (Å²) in [5.74, 6) is 0.0630. The molecule has 1 rings (SSSR count). The van der Waals surface area contributed by atoms with Gasteiger partial charge in [-0.1, -0.05) is 12.8 Å². The highest BCUT2D eigenvalue weighted by molar-refractivity contribution is 5.77. The summed E-state index contributed by atoms with van der Waals surface area (Å²) in [6.45, 7) is 4.97. The van der Waals surface area contributed by atoms with Crippen LogP contribution in [0.1, 0.15) is 46.0 Å². The standard InChI is InChI=1S/C12H24N2O2/c1-10(2)16-8-5-11(15)14-12(9-13)6-3-4-7-12/h10H,3-9,13H2,1-2H3,(H,14,15). The van der Waals surface area contributed by atoms with E-state index in [2.05, 4.69) is 5.32 Å². The third-order valence-electron chi connectivity index (χ3n) is 3.14. The number of nitrogens with two attached hydrogens (primary N) is 1. The fourth-order valence-corrected chi connectivity index (χ4v) is 2.18. The molecule has 1 amide bonds. The van der Waals surface area contributed by atoms with Crippen molar-refractivity contribution in [1.29, 1.82) is 0 Å². The SMILES string of the molecule is CC(C)OCCC(=O)NC1(CN)CCCC1. The van der Waals surface area contributed by atoms with Gasteiger partial charge in [0.05, 0.1) is 18.2 Å². The summed E-state index contributed by atoms with van der Waals surface area (Å²) in [5, 5.41) is 3.07. The zero-order valence-electron chi connectivity index (χ0n) is 10.4. The monoisotopic (exact) mass is 228 g/mol. The van der Waals surface area contributed by atoms with Gasteiger partial charge < -0.3 is 15.8 Å². The molecule has 1 saturated carbocycles. The van der Waals surface area contributed by atoms with Crippen molar-refractivity contribution in [1.82, 2.24) is 5.32 Å². The van der Waals surface area contributed by atoms with E-state index in [1.165, 1.54) is 12.8 Å². The summed E-state index contributed by atoms with van der Waals surface area (Å²) in [5.41, 5.74) is 5.62. The van der Waals surface area contributed by atoms with Crippen LogP contribution in [0.5, 0.6) is 0 Å². The number of rotatable bonds is 6. The molecule has 0 aromatic carbocycles. The fourth-order valence-electron chi connectivity index (χ4n) is 2.18. The third kappa shape index (κ3) is 4.10. The van der Waals surface area contributed by atoms with Crippen molar-refractivity contribution in [3.05, 3.63) is 0 Å². The number of nitrogens with one attached hydrogen (secondary N) is 1. The molecule has 1 fully saturated rings. The third-order valence-corrected chi connectivity index (χ3v) is 3.14. The Hall–Kier alpha value is -0.610. The minimum Gasteiger partial charge on any atom is -0.378 e. The zero-order chi connectivity index (χ0) is 12.0. The van der Waals surface area contributed by atoms with Crippen molar-refractivity contribution in [3.8, 4) is 0 Å². The van der Waals surface area contributed by atoms with Gasteiger partial charge in [-0.05, 0) is 26.7 Å². The van der Waals surface area contributed by atoms with Crippen LogP contribution < -0.4 is 11.1 Å². The van der Waals surface area contributed by atoms with Gasteiger partial charge in [0.2, 0.25) is 5.91 Å². The van der Waals surface area contributed by atoms with E-state index in [0.29, 0.717) is 19.6 Å². The summed E-state index contributed by atoms with van der Waals surface area (Å²) >= 11 is 0. The average Bonchev–Trinajstić information content (AvgIpc) is 2.66. The Bertz CT molecular complexity index is 223. The second kappa shape index (κ2) is 6.21. The molecule has 94 valence electrons. The van der Waals surface area contributed by atoms with Gasteiger partial charge in [-0.2, -0.15) is 0 Å². The average molecular weight is 228 g/mol. The minimum absolute atomic E-state index is 0.0630. The number of carbonyl (C=O) groups is 1. The van der Waals surface area contributed by atoms with Crippen molar-refractivity contribution in [2.24, 2.45) is 5.73 Å². The first-order valence-corrected chi connectivity index (χ1v) is 6.21. The molecule has 0 heterocycles. The van der Waals surface area contributed by atoms with E-state index in [9.17, 15) is 4.79 Å². The molecule has 1 aliphatic rings. The van der Waals surface area contributed by atoms with Crippen LogP contribution in [-0.4, -0.2) is 30.7 Å². The Labute approximate surface area is 97.9 Å². The molecule has 3 N–H and O–H groups in total. The van der Waals surface area contributed by atoms with Crippen LogP contribution in [0.15, 0.2) is 0 Å². The maximum absolute atomic E-state index is 11.7. The Morgan fingerprint density at radius 1 is 1.44 bits per heavy atom. The molecule has 0 bridgehead atoms. The Kier molecular flexibility index (Phi) is 5.22. The van der Waals surface area contributed by atoms with Crippen LogP contribution in [0.4, 0.5) is 0 Å². The molecule has 0 radical (unpaired) electrons. The first kappa shape index (κ1) is 13.5. The van der Waals surface area contributed by atoms with Crippen molar-refractivity contribution >= 4 is 5.91 Å². The molecule has 16 heavy (non-hydrogen) atoms. The van der Waals surface area contributed by atoms with E-state index in [-0.39, 0.29) is 17.6 Å². The van der Waals surface area contributed by atoms with E-state index in [4.69, 9.17) is 10.5 Å². The second-order valence-electron chi connectivity index (χ2n) is 4.91. The van der Waals surface area contributed by atoms with E-state index >= 15 is 0 Å². The molecule has 0 aromatic heterocycles. The summed E-state index contributed by atoms with van der Waals surface area (Å²) in [6.07, 6.45) is 4.98. The van der Waals surface area contributed by atoms with Gasteiger partial charge in [0.25, 0.3) is 0 Å². The van der Waals surface area contributed by atoms with Gasteiger partial charge in [-0.15, -0.1) is 0 Å². The fraction of sp³-hybridized carbons (Fsp3) is 0.917. The van der Waals surface area contributed by atoms with Crippen molar-refractivity contribution in [2.45, 2.75) is 57.6 Å². The highest BCUT2D eigenvalue weighted by Crippen LogP contribution is 2.28. The molecule has 0 spiro atoms. The van der Waals surface area contributed by atoms with E-state index in [1.54, 1.807) is 0 Å². The van der Waals surface area contributed by atoms with Crippen molar-refractivity contribution in [2.75, 3.05) is 13.2 Å². The lowest BCUT2D eigenvalue weighted by Gasteiger charge is -2.28. The predicted molar refractivity (Wildman–Crippen MR) is 64.1 cm³/mol. The van der Waals surface area contributed by atoms with Crippen LogP contribution in [0.3, 0.4) is 0 Å². The molecule has 4 heteroatoms. The van der Waals surface area contributed by atoms with Gasteiger partial charge in [0.15, 0.2) is 0 Å². The van der Waals surface area contributed by atoms with Gasteiger partial charge in [0, 0.05) is 13.0 Å². The summed E-state index contributed by atoms with van der Waals surface area (Å²) < 4.78 is 5.35. The summed E-state index contributed by atoms with van der Waals surface area (Å²) in [6, 6.07) is 0. The highest BCUT2D eigenvalue weighted by atomic mass is 16.5. The molecule has 0 unspecified atom stereocenters. The van der Waals surface area contributed by atoms with E-state index in [0.717, 1.165) is 12.8 Å². The Balaban J connectivity index is 2.27. The van der Waals surface area contributed by atoms with Crippen molar-refractivity contribution in [3.63, 3.8) is 0 Å². The quantitative estimate of drug-likeness (QED) is 0.717. The minimum atomic E-state index is -0.130. The molecular formula is C12H24N2O2. The number of ether oxygens (including phenoxy) is 1. The number of carbonyl (C=O) groups excluding carboxylic acids is 1. The van der Waals surface area contributed by atoms with Crippen LogP contribution >= 0.6 is 0 Å². The largest absolute Gasteiger partial charge is 0.378 e.